The van der Waals surface area contributed by atoms with Crippen LogP contribution in [0.25, 0.3) is 0 Å². The number of sulfonamides is 1. The van der Waals surface area contributed by atoms with Gasteiger partial charge in [0.05, 0.1) is 30.7 Å². The fraction of sp³-hybridized carbons (Fsp3) is 0.545. The maximum Gasteiger partial charge on any atom is 0.241 e. The van der Waals surface area contributed by atoms with E-state index in [1.807, 2.05) is 24.3 Å². The SMILES string of the molecule is C[C@@H]1[C@@H](NC(=O)[C@@H]2C([C@H](C)O)[C@H](CO)ON2Cc2cccc(C#CCNS(=O)(=O)c3ccccc3)c2)C[C@H]2C[C@@H]1C2(C)C. The Morgan fingerprint density at radius 2 is 1.91 bits per heavy atom. The first-order valence-electron chi connectivity index (χ1n) is 15.1. The summed E-state index contributed by atoms with van der Waals surface area (Å²) in [6, 6.07) is 14.8. The normalized spacial score (nSPS) is 30.5. The number of rotatable bonds is 9. The van der Waals surface area contributed by atoms with Crippen LogP contribution in [0.2, 0.25) is 0 Å². The van der Waals surface area contributed by atoms with Gasteiger partial charge < -0.3 is 15.5 Å². The third-order valence-corrected chi connectivity index (χ3v) is 11.4. The van der Waals surface area contributed by atoms with Gasteiger partial charge in [-0.2, -0.15) is 9.79 Å². The lowest BCUT2D eigenvalue weighted by molar-refractivity contribution is -0.183. The van der Waals surface area contributed by atoms with Gasteiger partial charge in [0.15, 0.2) is 0 Å². The molecule has 2 aromatic carbocycles. The van der Waals surface area contributed by atoms with Gasteiger partial charge in [0.1, 0.15) is 12.1 Å². The van der Waals surface area contributed by atoms with Gasteiger partial charge in [-0.3, -0.25) is 9.63 Å². The average molecular weight is 610 g/mol. The molecule has 4 N–H and O–H groups in total. The smallest absolute Gasteiger partial charge is 0.241 e. The molecule has 43 heavy (non-hydrogen) atoms. The number of carbonyl (C=O) groups excluding carboxylic acids is 1. The van der Waals surface area contributed by atoms with Crippen molar-refractivity contribution in [1.29, 1.82) is 0 Å². The number of nitrogens with zero attached hydrogens (tertiary/aromatic N) is 1. The Balaban J connectivity index is 1.27. The fourth-order valence-electron chi connectivity index (χ4n) is 7.37. The summed E-state index contributed by atoms with van der Waals surface area (Å²) in [7, 11) is -3.65. The molecule has 0 radical (unpaired) electrons. The summed E-state index contributed by atoms with van der Waals surface area (Å²) in [4.78, 5) is 20.1. The van der Waals surface area contributed by atoms with E-state index in [0.29, 0.717) is 28.7 Å². The molecule has 6 rings (SSSR count). The molecule has 1 saturated heterocycles. The van der Waals surface area contributed by atoms with Crippen LogP contribution in [-0.2, 0) is 26.2 Å². The first-order valence-corrected chi connectivity index (χ1v) is 16.6. The van der Waals surface area contributed by atoms with Crippen molar-refractivity contribution < 1.29 is 28.3 Å². The molecule has 3 saturated carbocycles. The van der Waals surface area contributed by atoms with Crippen molar-refractivity contribution in [2.24, 2.45) is 29.1 Å². The number of benzene rings is 2. The van der Waals surface area contributed by atoms with E-state index in [1.165, 1.54) is 18.6 Å². The Kier molecular flexibility index (Phi) is 9.33. The number of hydrogen-bond acceptors (Lipinski definition) is 7. The Bertz CT molecular complexity index is 1470. The third-order valence-electron chi connectivity index (χ3n) is 9.96. The highest BCUT2D eigenvalue weighted by molar-refractivity contribution is 7.89. The molecule has 1 heterocycles. The van der Waals surface area contributed by atoms with Crippen LogP contribution in [0.3, 0.4) is 0 Å². The zero-order chi connectivity index (χ0) is 30.9. The van der Waals surface area contributed by atoms with Crippen LogP contribution in [0.15, 0.2) is 59.5 Å². The molecule has 8 atom stereocenters. The highest BCUT2D eigenvalue weighted by atomic mass is 32.2. The second-order valence-electron chi connectivity index (χ2n) is 12.9. The summed E-state index contributed by atoms with van der Waals surface area (Å²) in [5, 5.41) is 25.6. The highest BCUT2D eigenvalue weighted by Crippen LogP contribution is 2.61. The van der Waals surface area contributed by atoms with E-state index < -0.39 is 34.2 Å². The lowest BCUT2D eigenvalue weighted by atomic mass is 9.45. The van der Waals surface area contributed by atoms with Gasteiger partial charge in [-0.15, -0.1) is 0 Å². The number of aliphatic hydroxyl groups is 2. The number of amides is 1. The van der Waals surface area contributed by atoms with Crippen molar-refractivity contribution >= 4 is 15.9 Å². The van der Waals surface area contributed by atoms with Crippen molar-refractivity contribution in [1.82, 2.24) is 15.1 Å². The molecule has 3 aliphatic carbocycles. The van der Waals surface area contributed by atoms with E-state index in [2.05, 4.69) is 42.7 Å². The first-order chi connectivity index (χ1) is 20.4. The zero-order valence-electron chi connectivity index (χ0n) is 25.2. The number of carbonyl (C=O) groups is 1. The number of hydrogen-bond donors (Lipinski definition) is 4. The Labute approximate surface area is 255 Å². The molecule has 0 aromatic heterocycles. The van der Waals surface area contributed by atoms with Crippen molar-refractivity contribution in [3.05, 3.63) is 65.7 Å². The van der Waals surface area contributed by atoms with Crippen LogP contribution < -0.4 is 10.0 Å². The average Bonchev–Trinajstić information content (AvgIpc) is 3.35. The second kappa shape index (κ2) is 12.7. The van der Waals surface area contributed by atoms with E-state index in [9.17, 15) is 23.4 Å². The van der Waals surface area contributed by atoms with E-state index in [-0.39, 0.29) is 36.5 Å². The summed E-state index contributed by atoms with van der Waals surface area (Å²) in [5.74, 6) is 6.57. The van der Waals surface area contributed by atoms with Gasteiger partial charge in [-0.1, -0.05) is 62.9 Å². The Morgan fingerprint density at radius 1 is 1.16 bits per heavy atom. The predicted molar refractivity (Wildman–Crippen MR) is 163 cm³/mol. The number of aliphatic hydroxyl groups excluding tert-OH is 2. The van der Waals surface area contributed by atoms with Gasteiger partial charge in [0, 0.05) is 17.5 Å². The number of hydroxylamine groups is 2. The summed E-state index contributed by atoms with van der Waals surface area (Å²) in [5.41, 5.74) is 1.81. The van der Waals surface area contributed by atoms with Crippen molar-refractivity contribution in [2.75, 3.05) is 13.2 Å². The molecule has 9 nitrogen and oxygen atoms in total. The molecule has 1 unspecified atom stereocenters. The summed E-state index contributed by atoms with van der Waals surface area (Å²) in [6.45, 7) is 8.37. The first kappa shape index (κ1) is 31.6. The molecule has 1 aliphatic heterocycles. The summed E-state index contributed by atoms with van der Waals surface area (Å²) < 4.78 is 27.3. The van der Waals surface area contributed by atoms with Crippen LogP contribution in [0.4, 0.5) is 0 Å². The highest BCUT2D eigenvalue weighted by Gasteiger charge is 2.57. The lowest BCUT2D eigenvalue weighted by Crippen LogP contribution is -2.62. The molecule has 1 amide bonds. The summed E-state index contributed by atoms with van der Waals surface area (Å²) >= 11 is 0. The van der Waals surface area contributed by atoms with Crippen LogP contribution in [-0.4, -0.2) is 67.0 Å². The zero-order valence-corrected chi connectivity index (χ0v) is 26.0. The quantitative estimate of drug-likeness (QED) is 0.322. The maximum absolute atomic E-state index is 13.8. The molecule has 10 heteroatoms. The van der Waals surface area contributed by atoms with Crippen LogP contribution in [0.1, 0.15) is 51.7 Å². The van der Waals surface area contributed by atoms with Gasteiger partial charge in [-0.25, -0.2) is 8.42 Å². The van der Waals surface area contributed by atoms with E-state index in [0.717, 1.165) is 12.0 Å². The number of nitrogens with one attached hydrogen (secondary N) is 2. The van der Waals surface area contributed by atoms with Gasteiger partial charge in [0.2, 0.25) is 15.9 Å². The molecule has 2 aromatic rings. The van der Waals surface area contributed by atoms with Gasteiger partial charge in [-0.05, 0) is 72.8 Å². The van der Waals surface area contributed by atoms with Crippen LogP contribution in [0.5, 0.6) is 0 Å². The minimum absolute atomic E-state index is 0.0499. The molecular weight excluding hydrogens is 566 g/mol. The standard InChI is InChI=1S/C33H43N3O6S/c1-21-27-17-25(33(27,3)4)18-28(21)35-32(39)31-30(22(2)38)29(20-37)42-36(31)19-24-11-8-10-23(16-24)12-9-15-34-43(40,41)26-13-6-5-7-14-26/h5-8,10-11,13-14,16,21-22,25,27-31,34,37-38H,15,17-20H2,1-4H3,(H,35,39)/t21-,22-,25+,27-,28-,29-,30?,31-/m0/s1. The van der Waals surface area contributed by atoms with Crippen LogP contribution in [0, 0.1) is 40.9 Å². The van der Waals surface area contributed by atoms with E-state index >= 15 is 0 Å². The van der Waals surface area contributed by atoms with E-state index in [1.54, 1.807) is 30.2 Å². The predicted octanol–water partition coefficient (Wildman–Crippen LogP) is 2.68. The van der Waals surface area contributed by atoms with Crippen molar-refractivity contribution in [3.8, 4) is 11.8 Å². The topological polar surface area (TPSA) is 128 Å². The minimum Gasteiger partial charge on any atom is -0.394 e. The van der Waals surface area contributed by atoms with Gasteiger partial charge in [0.25, 0.3) is 0 Å². The largest absolute Gasteiger partial charge is 0.394 e. The van der Waals surface area contributed by atoms with E-state index in [4.69, 9.17) is 4.84 Å². The molecule has 4 aliphatic rings. The third kappa shape index (κ3) is 6.53. The minimum atomic E-state index is -3.65. The lowest BCUT2D eigenvalue weighted by Gasteiger charge is -2.62. The van der Waals surface area contributed by atoms with Crippen molar-refractivity contribution in [2.45, 2.75) is 76.3 Å². The molecule has 0 spiro atoms. The molecule has 2 bridgehead atoms. The summed E-state index contributed by atoms with van der Waals surface area (Å²) in [6.07, 6.45) is 0.563. The maximum atomic E-state index is 13.8. The van der Waals surface area contributed by atoms with Gasteiger partial charge >= 0.3 is 0 Å². The van der Waals surface area contributed by atoms with Crippen LogP contribution >= 0.6 is 0 Å². The molecule has 232 valence electrons. The fourth-order valence-corrected chi connectivity index (χ4v) is 8.32. The Morgan fingerprint density at radius 3 is 2.56 bits per heavy atom. The molecule has 4 fully saturated rings. The monoisotopic (exact) mass is 609 g/mol. The molecular formula is C33H43N3O6S. The van der Waals surface area contributed by atoms with Crippen molar-refractivity contribution in [3.63, 3.8) is 0 Å². The second-order valence-corrected chi connectivity index (χ2v) is 14.6. The number of fused-ring (bicyclic) bond motifs is 2. The Hall–Kier alpha value is -2.78.